The average molecular weight is 414 g/mol. The van der Waals surface area contributed by atoms with Crippen LogP contribution in [0.4, 0.5) is 0 Å². The van der Waals surface area contributed by atoms with E-state index in [1.54, 1.807) is 12.1 Å². The summed E-state index contributed by atoms with van der Waals surface area (Å²) in [6.45, 7) is 1.94. The molecule has 2 aliphatic rings. The first kappa shape index (κ1) is 20.3. The van der Waals surface area contributed by atoms with Gasteiger partial charge in [-0.05, 0) is 37.8 Å². The van der Waals surface area contributed by atoms with Gasteiger partial charge in [-0.3, -0.25) is 9.59 Å². The summed E-state index contributed by atoms with van der Waals surface area (Å²) in [6, 6.07) is 3.29. The number of rotatable bonds is 8. The molecular formula is C18H27N3O4S2. The van der Waals surface area contributed by atoms with Crippen LogP contribution in [0.15, 0.2) is 16.3 Å². The van der Waals surface area contributed by atoms with Gasteiger partial charge in [-0.1, -0.05) is 12.8 Å². The Balaban J connectivity index is 1.40. The molecule has 1 saturated carbocycles. The van der Waals surface area contributed by atoms with E-state index in [-0.39, 0.29) is 24.2 Å². The number of thiophene rings is 1. The molecule has 0 spiro atoms. The third-order valence-electron chi connectivity index (χ3n) is 5.10. The maximum Gasteiger partial charge on any atom is 0.252 e. The summed E-state index contributed by atoms with van der Waals surface area (Å²) in [5.74, 6) is 0.0386. The van der Waals surface area contributed by atoms with Crippen molar-refractivity contribution in [3.05, 3.63) is 17.0 Å². The van der Waals surface area contributed by atoms with Crippen LogP contribution in [0.1, 0.15) is 43.4 Å². The number of nitrogens with one attached hydrogen (secondary N) is 2. The Bertz CT molecular complexity index is 763. The molecule has 2 amide bonds. The average Bonchev–Trinajstić information content (AvgIpc) is 3.40. The molecule has 2 heterocycles. The molecule has 0 unspecified atom stereocenters. The Labute approximate surface area is 164 Å². The highest BCUT2D eigenvalue weighted by Gasteiger charge is 2.28. The largest absolute Gasteiger partial charge is 0.354 e. The third kappa shape index (κ3) is 5.30. The Morgan fingerprint density at radius 3 is 2.41 bits per heavy atom. The number of carbonyl (C=O) groups is 2. The van der Waals surface area contributed by atoms with Crippen LogP contribution < -0.4 is 10.6 Å². The highest BCUT2D eigenvalue weighted by atomic mass is 32.2. The van der Waals surface area contributed by atoms with Gasteiger partial charge in [0.1, 0.15) is 4.21 Å². The Morgan fingerprint density at radius 1 is 1.04 bits per heavy atom. The lowest BCUT2D eigenvalue weighted by molar-refractivity contribution is -0.125. The Morgan fingerprint density at radius 2 is 1.70 bits per heavy atom. The molecule has 3 rings (SSSR count). The van der Waals surface area contributed by atoms with E-state index >= 15 is 0 Å². The first-order valence-electron chi connectivity index (χ1n) is 9.60. The van der Waals surface area contributed by atoms with Crippen LogP contribution in [-0.4, -0.2) is 50.7 Å². The minimum atomic E-state index is -3.42. The second kappa shape index (κ2) is 9.16. The SMILES string of the molecule is O=C(Cc1ccc(S(=O)(=O)N2CCCC2)s1)NCCNC(=O)C1CCCC1. The maximum atomic E-state index is 12.5. The monoisotopic (exact) mass is 413 g/mol. The van der Waals surface area contributed by atoms with Crippen LogP contribution in [0.3, 0.4) is 0 Å². The molecule has 1 aliphatic heterocycles. The van der Waals surface area contributed by atoms with E-state index < -0.39 is 10.0 Å². The predicted octanol–water partition coefficient (Wildman–Crippen LogP) is 1.50. The van der Waals surface area contributed by atoms with Gasteiger partial charge >= 0.3 is 0 Å². The van der Waals surface area contributed by atoms with Crippen LogP contribution in [-0.2, 0) is 26.0 Å². The van der Waals surface area contributed by atoms with Crippen molar-refractivity contribution < 1.29 is 18.0 Å². The molecule has 27 heavy (non-hydrogen) atoms. The van der Waals surface area contributed by atoms with Gasteiger partial charge in [0.05, 0.1) is 6.42 Å². The molecule has 1 aromatic heterocycles. The first-order valence-corrected chi connectivity index (χ1v) is 11.9. The van der Waals surface area contributed by atoms with Crippen molar-refractivity contribution in [2.75, 3.05) is 26.2 Å². The molecule has 0 atom stereocenters. The fourth-order valence-corrected chi connectivity index (χ4v) is 6.61. The van der Waals surface area contributed by atoms with E-state index in [4.69, 9.17) is 0 Å². The molecule has 0 radical (unpaired) electrons. The number of nitrogens with zero attached hydrogens (tertiary/aromatic N) is 1. The number of hydrogen-bond donors (Lipinski definition) is 2. The summed E-state index contributed by atoms with van der Waals surface area (Å²) in [6.07, 6.45) is 6.10. The van der Waals surface area contributed by atoms with Crippen molar-refractivity contribution in [2.45, 2.75) is 49.2 Å². The van der Waals surface area contributed by atoms with Crippen molar-refractivity contribution >= 4 is 33.2 Å². The molecular weight excluding hydrogens is 386 g/mol. The van der Waals surface area contributed by atoms with Gasteiger partial charge in [-0.25, -0.2) is 8.42 Å². The highest BCUT2D eigenvalue weighted by molar-refractivity contribution is 7.91. The van der Waals surface area contributed by atoms with Gasteiger partial charge in [0.15, 0.2) is 0 Å². The molecule has 2 N–H and O–H groups in total. The van der Waals surface area contributed by atoms with Crippen LogP contribution in [0, 0.1) is 5.92 Å². The van der Waals surface area contributed by atoms with Gasteiger partial charge < -0.3 is 10.6 Å². The lowest BCUT2D eigenvalue weighted by Gasteiger charge is -2.13. The number of carbonyl (C=O) groups excluding carboxylic acids is 2. The number of hydrogen-bond acceptors (Lipinski definition) is 5. The van der Waals surface area contributed by atoms with Crippen molar-refractivity contribution in [2.24, 2.45) is 5.92 Å². The van der Waals surface area contributed by atoms with Crippen molar-refractivity contribution in [3.8, 4) is 0 Å². The fourth-order valence-electron chi connectivity index (χ4n) is 3.59. The van der Waals surface area contributed by atoms with E-state index in [9.17, 15) is 18.0 Å². The quantitative estimate of drug-likeness (QED) is 0.631. The minimum Gasteiger partial charge on any atom is -0.354 e. The summed E-state index contributed by atoms with van der Waals surface area (Å²) in [5, 5.41) is 5.64. The van der Waals surface area contributed by atoms with Crippen LogP contribution >= 0.6 is 11.3 Å². The maximum absolute atomic E-state index is 12.5. The normalized spacial score (nSPS) is 18.7. The molecule has 9 heteroatoms. The summed E-state index contributed by atoms with van der Waals surface area (Å²) in [7, 11) is -3.42. The van der Waals surface area contributed by atoms with Crippen molar-refractivity contribution in [1.82, 2.24) is 14.9 Å². The lowest BCUT2D eigenvalue weighted by Crippen LogP contribution is -2.37. The zero-order valence-electron chi connectivity index (χ0n) is 15.4. The zero-order valence-corrected chi connectivity index (χ0v) is 17.0. The van der Waals surface area contributed by atoms with Gasteiger partial charge in [0.25, 0.3) is 10.0 Å². The molecule has 2 fully saturated rings. The summed E-state index contributed by atoms with van der Waals surface area (Å²) < 4.78 is 26.8. The Hall–Kier alpha value is -1.45. The highest BCUT2D eigenvalue weighted by Crippen LogP contribution is 2.27. The fraction of sp³-hybridized carbons (Fsp3) is 0.667. The van der Waals surface area contributed by atoms with E-state index in [0.29, 0.717) is 30.4 Å². The topological polar surface area (TPSA) is 95.6 Å². The molecule has 0 aromatic carbocycles. The van der Waals surface area contributed by atoms with Gasteiger partial charge in [0.2, 0.25) is 11.8 Å². The van der Waals surface area contributed by atoms with Crippen molar-refractivity contribution in [1.29, 1.82) is 0 Å². The van der Waals surface area contributed by atoms with Gasteiger partial charge in [-0.15, -0.1) is 11.3 Å². The Kier molecular flexibility index (Phi) is 6.88. The number of amides is 2. The molecule has 1 aliphatic carbocycles. The van der Waals surface area contributed by atoms with Crippen molar-refractivity contribution in [3.63, 3.8) is 0 Å². The number of sulfonamides is 1. The van der Waals surface area contributed by atoms with Gasteiger partial charge in [-0.2, -0.15) is 4.31 Å². The van der Waals surface area contributed by atoms with Crippen LogP contribution in [0.2, 0.25) is 0 Å². The summed E-state index contributed by atoms with van der Waals surface area (Å²) in [4.78, 5) is 24.7. The predicted molar refractivity (Wildman–Crippen MR) is 104 cm³/mol. The smallest absolute Gasteiger partial charge is 0.252 e. The second-order valence-electron chi connectivity index (χ2n) is 7.13. The molecule has 0 bridgehead atoms. The minimum absolute atomic E-state index is 0.0803. The zero-order chi connectivity index (χ0) is 19.3. The van der Waals surface area contributed by atoms with Crippen LogP contribution in [0.5, 0.6) is 0 Å². The van der Waals surface area contributed by atoms with Crippen LogP contribution in [0.25, 0.3) is 0 Å². The summed E-state index contributed by atoms with van der Waals surface area (Å²) >= 11 is 1.16. The van der Waals surface area contributed by atoms with E-state index in [2.05, 4.69) is 10.6 Å². The molecule has 7 nitrogen and oxygen atoms in total. The summed E-state index contributed by atoms with van der Waals surface area (Å²) in [5.41, 5.74) is 0. The van der Waals surface area contributed by atoms with E-state index in [0.717, 1.165) is 54.7 Å². The van der Waals surface area contributed by atoms with Gasteiger partial charge in [0, 0.05) is 37.0 Å². The standard InChI is InChI=1S/C18H27N3O4S2/c22-16(19-9-10-20-18(23)14-5-1-2-6-14)13-15-7-8-17(26-15)27(24,25)21-11-3-4-12-21/h7-8,14H,1-6,9-13H2,(H,19,22)(H,20,23). The first-order chi connectivity index (χ1) is 13.0. The molecule has 1 aromatic rings. The van der Waals surface area contributed by atoms with E-state index in [1.807, 2.05) is 0 Å². The third-order valence-corrected chi connectivity index (χ3v) is 8.55. The molecule has 150 valence electrons. The molecule has 1 saturated heterocycles. The second-order valence-corrected chi connectivity index (χ2v) is 10.5. The lowest BCUT2D eigenvalue weighted by atomic mass is 10.1. The van der Waals surface area contributed by atoms with E-state index in [1.165, 1.54) is 4.31 Å².